The number of benzene rings is 2. The number of ether oxygens (including phenoxy) is 1. The van der Waals surface area contributed by atoms with E-state index in [9.17, 15) is 8.78 Å². The Hall–Kier alpha value is -1.67. The van der Waals surface area contributed by atoms with E-state index < -0.39 is 11.6 Å². The molecule has 0 heterocycles. The van der Waals surface area contributed by atoms with Gasteiger partial charge in [0.15, 0.2) is 17.4 Å². The summed E-state index contributed by atoms with van der Waals surface area (Å²) in [5.41, 5.74) is 5.89. The third-order valence-electron chi connectivity index (χ3n) is 2.51. The molecule has 0 fully saturated rings. The van der Waals surface area contributed by atoms with E-state index in [-0.39, 0.29) is 17.3 Å². The van der Waals surface area contributed by atoms with Gasteiger partial charge in [0.05, 0.1) is 4.47 Å². The van der Waals surface area contributed by atoms with E-state index in [4.69, 9.17) is 15.7 Å². The summed E-state index contributed by atoms with van der Waals surface area (Å²) in [6.45, 7) is 0. The van der Waals surface area contributed by atoms with Crippen LogP contribution < -0.4 is 10.5 Å². The average Bonchev–Trinajstić information content (AvgIpc) is 2.45. The molecule has 8 heteroatoms. The van der Waals surface area contributed by atoms with E-state index in [1.54, 1.807) is 0 Å². The summed E-state index contributed by atoms with van der Waals surface area (Å²) in [5.74, 6) is -2.21. The van der Waals surface area contributed by atoms with Gasteiger partial charge in [0.1, 0.15) is 5.75 Å². The van der Waals surface area contributed by atoms with Gasteiger partial charge < -0.3 is 15.7 Å². The number of nitrogens with zero attached hydrogens (tertiary/aromatic N) is 1. The maximum atomic E-state index is 13.7. The molecule has 0 unspecified atom stereocenters. The zero-order valence-corrected chi connectivity index (χ0v) is 13.5. The first-order valence-corrected chi connectivity index (χ1v) is 7.11. The fourth-order valence-corrected chi connectivity index (χ4v) is 2.39. The maximum absolute atomic E-state index is 13.7. The number of oxime groups is 1. The van der Waals surface area contributed by atoms with Crippen LogP contribution in [0.5, 0.6) is 11.5 Å². The molecule has 0 saturated carbocycles. The molecule has 0 bridgehead atoms. The molecule has 0 aromatic heterocycles. The highest BCUT2D eigenvalue weighted by Crippen LogP contribution is 2.34. The van der Waals surface area contributed by atoms with E-state index in [1.807, 2.05) is 0 Å². The van der Waals surface area contributed by atoms with E-state index in [2.05, 4.69) is 37.0 Å². The zero-order valence-electron chi connectivity index (χ0n) is 10.3. The topological polar surface area (TPSA) is 67.8 Å². The average molecular weight is 422 g/mol. The Bertz CT molecular complexity index is 724. The molecular weight excluding hydrogens is 414 g/mol. The number of rotatable bonds is 3. The zero-order chi connectivity index (χ0) is 15.6. The summed E-state index contributed by atoms with van der Waals surface area (Å²) in [6.07, 6.45) is 0. The van der Waals surface area contributed by atoms with Crippen molar-refractivity contribution in [1.29, 1.82) is 0 Å². The lowest BCUT2D eigenvalue weighted by molar-refractivity contribution is 0.318. The summed E-state index contributed by atoms with van der Waals surface area (Å²) in [4.78, 5) is 0. The maximum Gasteiger partial charge on any atom is 0.201 e. The lowest BCUT2D eigenvalue weighted by Crippen LogP contribution is -2.12. The Labute approximate surface area is 135 Å². The summed E-state index contributed by atoms with van der Waals surface area (Å²) in [5, 5.41) is 11.5. The van der Waals surface area contributed by atoms with Gasteiger partial charge in [0.25, 0.3) is 0 Å². The molecule has 2 aromatic rings. The highest BCUT2D eigenvalue weighted by atomic mass is 79.9. The van der Waals surface area contributed by atoms with Gasteiger partial charge in [-0.05, 0) is 46.3 Å². The quantitative estimate of drug-likeness (QED) is 0.254. The third kappa shape index (κ3) is 3.51. The van der Waals surface area contributed by atoms with Crippen LogP contribution in [0.1, 0.15) is 5.56 Å². The minimum absolute atomic E-state index is 0.0815. The second-order valence-corrected chi connectivity index (χ2v) is 5.70. The highest BCUT2D eigenvalue weighted by molar-refractivity contribution is 9.10. The first-order chi connectivity index (χ1) is 9.92. The Morgan fingerprint density at radius 3 is 2.48 bits per heavy atom. The van der Waals surface area contributed by atoms with Crippen molar-refractivity contribution in [3.63, 3.8) is 0 Å². The summed E-state index contributed by atoms with van der Waals surface area (Å²) < 4.78 is 33.1. The fourth-order valence-electron chi connectivity index (χ4n) is 1.53. The number of hydrogen-bond donors (Lipinski definition) is 2. The van der Waals surface area contributed by atoms with Crippen molar-refractivity contribution in [3.8, 4) is 11.5 Å². The van der Waals surface area contributed by atoms with Gasteiger partial charge >= 0.3 is 0 Å². The van der Waals surface area contributed by atoms with Crippen LogP contribution in [0.25, 0.3) is 0 Å². The van der Waals surface area contributed by atoms with Crippen LogP contribution >= 0.6 is 31.9 Å². The van der Waals surface area contributed by atoms with Crippen molar-refractivity contribution in [2.45, 2.75) is 0 Å². The van der Waals surface area contributed by atoms with Gasteiger partial charge in [0, 0.05) is 10.0 Å². The molecule has 0 saturated heterocycles. The minimum atomic E-state index is -1.09. The molecule has 0 atom stereocenters. The lowest BCUT2D eigenvalue weighted by atomic mass is 10.2. The molecule has 0 amide bonds. The van der Waals surface area contributed by atoms with Crippen molar-refractivity contribution in [2.24, 2.45) is 10.9 Å². The van der Waals surface area contributed by atoms with E-state index >= 15 is 0 Å². The monoisotopic (exact) mass is 420 g/mol. The molecule has 21 heavy (non-hydrogen) atoms. The van der Waals surface area contributed by atoms with Crippen molar-refractivity contribution in [1.82, 2.24) is 0 Å². The molecule has 4 nitrogen and oxygen atoms in total. The van der Waals surface area contributed by atoms with Gasteiger partial charge in [-0.25, -0.2) is 4.39 Å². The molecule has 0 aliphatic carbocycles. The van der Waals surface area contributed by atoms with Gasteiger partial charge in [-0.2, -0.15) is 4.39 Å². The molecule has 0 aliphatic heterocycles. The van der Waals surface area contributed by atoms with Gasteiger partial charge in [-0.15, -0.1) is 0 Å². The number of hydrogen-bond acceptors (Lipinski definition) is 3. The number of halogens is 4. The number of amidine groups is 1. The molecule has 2 rings (SSSR count). The standard InChI is InChI=1S/C13H8Br2F2N2O2/c14-7-4-9(16)12(17)11(5-7)21-10-2-1-6(3-8(10)15)13(18)19-20/h1-5,20H,(H2,18,19). The Morgan fingerprint density at radius 1 is 1.14 bits per heavy atom. The molecule has 3 N–H and O–H groups in total. The molecular formula is C13H8Br2F2N2O2. The van der Waals surface area contributed by atoms with Gasteiger partial charge in [0.2, 0.25) is 5.82 Å². The smallest absolute Gasteiger partial charge is 0.201 e. The number of nitrogens with two attached hydrogens (primary N) is 1. The Balaban J connectivity index is 2.37. The summed E-state index contributed by atoms with van der Waals surface area (Å²) in [6, 6.07) is 6.83. The molecule has 0 aliphatic rings. The lowest BCUT2D eigenvalue weighted by Gasteiger charge is -2.10. The Kier molecular flexibility index (Phi) is 4.79. The van der Waals surface area contributed by atoms with Crippen LogP contribution in [0.2, 0.25) is 0 Å². The van der Waals surface area contributed by atoms with E-state index in [0.29, 0.717) is 14.5 Å². The largest absolute Gasteiger partial charge is 0.453 e. The second-order valence-electron chi connectivity index (χ2n) is 3.93. The predicted octanol–water partition coefficient (Wildman–Crippen LogP) is 4.38. The van der Waals surface area contributed by atoms with Gasteiger partial charge in [-0.3, -0.25) is 0 Å². The van der Waals surface area contributed by atoms with E-state index in [1.165, 1.54) is 24.3 Å². The van der Waals surface area contributed by atoms with Crippen LogP contribution in [0, 0.1) is 11.6 Å². The van der Waals surface area contributed by atoms with Crippen LogP contribution in [-0.4, -0.2) is 11.0 Å². The fraction of sp³-hybridized carbons (Fsp3) is 0. The molecule has 2 aromatic carbocycles. The van der Waals surface area contributed by atoms with Gasteiger partial charge in [-0.1, -0.05) is 21.1 Å². The van der Waals surface area contributed by atoms with Crippen LogP contribution in [-0.2, 0) is 0 Å². The third-order valence-corrected chi connectivity index (χ3v) is 3.59. The van der Waals surface area contributed by atoms with Crippen LogP contribution in [0.15, 0.2) is 44.4 Å². The first-order valence-electron chi connectivity index (χ1n) is 5.52. The summed E-state index contributed by atoms with van der Waals surface area (Å²) >= 11 is 6.28. The van der Waals surface area contributed by atoms with Crippen LogP contribution in [0.4, 0.5) is 8.78 Å². The predicted molar refractivity (Wildman–Crippen MR) is 80.8 cm³/mol. The minimum Gasteiger partial charge on any atom is -0.453 e. The van der Waals surface area contributed by atoms with Crippen LogP contribution in [0.3, 0.4) is 0 Å². The van der Waals surface area contributed by atoms with Crippen molar-refractivity contribution in [2.75, 3.05) is 0 Å². The van der Waals surface area contributed by atoms with Crippen molar-refractivity contribution >= 4 is 37.7 Å². The molecule has 0 spiro atoms. The highest BCUT2D eigenvalue weighted by Gasteiger charge is 2.14. The summed E-state index contributed by atoms with van der Waals surface area (Å²) in [7, 11) is 0. The Morgan fingerprint density at radius 2 is 1.86 bits per heavy atom. The van der Waals surface area contributed by atoms with Crippen molar-refractivity contribution in [3.05, 3.63) is 56.5 Å². The normalized spacial score (nSPS) is 11.5. The SMILES string of the molecule is N/C(=N/O)c1ccc(Oc2cc(Br)cc(F)c2F)c(Br)c1. The molecule has 110 valence electrons. The first kappa shape index (κ1) is 15.7. The van der Waals surface area contributed by atoms with Crippen molar-refractivity contribution < 1.29 is 18.7 Å². The molecule has 0 radical (unpaired) electrons. The van der Waals surface area contributed by atoms with E-state index in [0.717, 1.165) is 6.07 Å². The second kappa shape index (κ2) is 6.40.